The largest absolute Gasteiger partial charge is 0.207 e. The molecule has 0 radical (unpaired) electrons. The van der Waals surface area contributed by atoms with Crippen LogP contribution in [0, 0.1) is 18.6 Å². The molecule has 0 fully saturated rings. The van der Waals surface area contributed by atoms with Crippen molar-refractivity contribution >= 4 is 5.57 Å². The van der Waals surface area contributed by atoms with Crippen LogP contribution in [0.1, 0.15) is 18.1 Å². The third kappa shape index (κ3) is 1.37. The minimum absolute atomic E-state index is 0.287. The van der Waals surface area contributed by atoms with Gasteiger partial charge in [-0.05, 0) is 37.1 Å². The SMILES string of the molecule is C=C(C)c1c(F)ccc(F)c1C. The Morgan fingerprint density at radius 3 is 2.17 bits per heavy atom. The Balaban J connectivity index is 3.43. The topological polar surface area (TPSA) is 0 Å². The van der Waals surface area contributed by atoms with Gasteiger partial charge >= 0.3 is 0 Å². The molecule has 0 saturated carbocycles. The van der Waals surface area contributed by atoms with Crippen LogP contribution in [0.15, 0.2) is 18.7 Å². The molecule has 0 aliphatic rings. The van der Waals surface area contributed by atoms with Gasteiger partial charge in [-0.25, -0.2) is 8.78 Å². The number of hydrogen-bond acceptors (Lipinski definition) is 0. The molecule has 0 spiro atoms. The predicted octanol–water partition coefficient (Wildman–Crippen LogP) is 3.31. The second-order valence-electron chi connectivity index (χ2n) is 2.81. The summed E-state index contributed by atoms with van der Waals surface area (Å²) >= 11 is 0. The molecule has 0 aromatic heterocycles. The van der Waals surface area contributed by atoms with E-state index in [-0.39, 0.29) is 5.56 Å². The molecule has 1 aromatic carbocycles. The second-order valence-corrected chi connectivity index (χ2v) is 2.81. The van der Waals surface area contributed by atoms with E-state index in [0.29, 0.717) is 11.1 Å². The Morgan fingerprint density at radius 2 is 1.75 bits per heavy atom. The minimum atomic E-state index is -0.415. The zero-order chi connectivity index (χ0) is 9.30. The summed E-state index contributed by atoms with van der Waals surface area (Å²) in [4.78, 5) is 0. The zero-order valence-electron chi connectivity index (χ0n) is 7.12. The fourth-order valence-electron chi connectivity index (χ4n) is 1.18. The van der Waals surface area contributed by atoms with Crippen molar-refractivity contribution in [1.29, 1.82) is 0 Å². The average molecular weight is 168 g/mol. The maximum atomic E-state index is 13.1. The lowest BCUT2D eigenvalue weighted by Gasteiger charge is -2.06. The molecule has 0 saturated heterocycles. The molecule has 64 valence electrons. The van der Waals surface area contributed by atoms with Crippen molar-refractivity contribution in [3.8, 4) is 0 Å². The Morgan fingerprint density at radius 1 is 1.25 bits per heavy atom. The molecular weight excluding hydrogens is 158 g/mol. The summed E-state index contributed by atoms with van der Waals surface area (Å²) in [5.74, 6) is -0.809. The Kier molecular flexibility index (Phi) is 2.27. The molecule has 1 rings (SSSR count). The van der Waals surface area contributed by atoms with Crippen LogP contribution in [0.5, 0.6) is 0 Å². The molecule has 2 heteroatoms. The maximum Gasteiger partial charge on any atom is 0.131 e. The number of rotatable bonds is 1. The van der Waals surface area contributed by atoms with Gasteiger partial charge in [0.05, 0.1) is 0 Å². The fraction of sp³-hybridized carbons (Fsp3) is 0.200. The highest BCUT2D eigenvalue weighted by molar-refractivity contribution is 5.64. The first kappa shape index (κ1) is 8.91. The monoisotopic (exact) mass is 168 g/mol. The Hall–Kier alpha value is -1.18. The average Bonchev–Trinajstić information content (AvgIpc) is 1.97. The first-order valence-corrected chi connectivity index (χ1v) is 3.64. The van der Waals surface area contributed by atoms with Gasteiger partial charge in [-0.1, -0.05) is 6.58 Å². The minimum Gasteiger partial charge on any atom is -0.207 e. The molecule has 0 bridgehead atoms. The third-order valence-electron chi connectivity index (χ3n) is 1.77. The van der Waals surface area contributed by atoms with Gasteiger partial charge in [-0.3, -0.25) is 0 Å². The van der Waals surface area contributed by atoms with E-state index in [1.165, 1.54) is 0 Å². The smallest absolute Gasteiger partial charge is 0.131 e. The fourth-order valence-corrected chi connectivity index (χ4v) is 1.18. The molecule has 0 heterocycles. The molecule has 0 amide bonds. The zero-order valence-corrected chi connectivity index (χ0v) is 7.12. The highest BCUT2D eigenvalue weighted by Gasteiger charge is 2.09. The van der Waals surface area contributed by atoms with E-state index in [0.717, 1.165) is 12.1 Å². The molecule has 0 unspecified atom stereocenters. The Labute approximate surface area is 70.5 Å². The van der Waals surface area contributed by atoms with Crippen LogP contribution in [-0.4, -0.2) is 0 Å². The lowest BCUT2D eigenvalue weighted by Crippen LogP contribution is -1.94. The van der Waals surface area contributed by atoms with Gasteiger partial charge in [0.1, 0.15) is 11.6 Å². The number of hydrogen-bond donors (Lipinski definition) is 0. The van der Waals surface area contributed by atoms with Crippen molar-refractivity contribution in [2.75, 3.05) is 0 Å². The molecule has 0 nitrogen and oxygen atoms in total. The first-order valence-electron chi connectivity index (χ1n) is 3.64. The van der Waals surface area contributed by atoms with Crippen LogP contribution < -0.4 is 0 Å². The molecule has 12 heavy (non-hydrogen) atoms. The van der Waals surface area contributed by atoms with E-state index in [9.17, 15) is 8.78 Å². The van der Waals surface area contributed by atoms with Gasteiger partial charge in [-0.2, -0.15) is 0 Å². The lowest BCUT2D eigenvalue weighted by atomic mass is 10.0. The van der Waals surface area contributed by atoms with E-state index in [1.54, 1.807) is 13.8 Å². The van der Waals surface area contributed by atoms with Crippen LogP contribution in [0.25, 0.3) is 5.57 Å². The van der Waals surface area contributed by atoms with Crippen molar-refractivity contribution < 1.29 is 8.78 Å². The summed E-state index contributed by atoms with van der Waals surface area (Å²) in [6, 6.07) is 2.24. The summed E-state index contributed by atoms with van der Waals surface area (Å²) in [6.07, 6.45) is 0. The lowest BCUT2D eigenvalue weighted by molar-refractivity contribution is 0.589. The van der Waals surface area contributed by atoms with E-state index in [4.69, 9.17) is 0 Å². The molecule has 0 N–H and O–H groups in total. The summed E-state index contributed by atoms with van der Waals surface area (Å²) in [5.41, 5.74) is 1.15. The number of halogens is 2. The summed E-state index contributed by atoms with van der Waals surface area (Å²) < 4.78 is 26.0. The maximum absolute atomic E-state index is 13.1. The molecule has 0 atom stereocenters. The molecule has 0 aliphatic heterocycles. The number of benzene rings is 1. The van der Waals surface area contributed by atoms with E-state index < -0.39 is 11.6 Å². The normalized spacial score (nSPS) is 10.0. The van der Waals surface area contributed by atoms with Crippen LogP contribution in [0.4, 0.5) is 8.78 Å². The molecule has 0 aliphatic carbocycles. The van der Waals surface area contributed by atoms with Crippen LogP contribution >= 0.6 is 0 Å². The van der Waals surface area contributed by atoms with E-state index >= 15 is 0 Å². The van der Waals surface area contributed by atoms with Crippen molar-refractivity contribution in [3.63, 3.8) is 0 Å². The second kappa shape index (κ2) is 3.05. The summed E-state index contributed by atoms with van der Waals surface area (Å²) in [7, 11) is 0. The van der Waals surface area contributed by atoms with Gasteiger partial charge in [0.25, 0.3) is 0 Å². The van der Waals surface area contributed by atoms with Gasteiger partial charge < -0.3 is 0 Å². The summed E-state index contributed by atoms with van der Waals surface area (Å²) in [6.45, 7) is 6.78. The van der Waals surface area contributed by atoms with Gasteiger partial charge in [0.15, 0.2) is 0 Å². The quantitative estimate of drug-likeness (QED) is 0.603. The van der Waals surface area contributed by atoms with E-state index in [2.05, 4.69) is 6.58 Å². The van der Waals surface area contributed by atoms with Crippen molar-refractivity contribution in [2.45, 2.75) is 13.8 Å². The van der Waals surface area contributed by atoms with Crippen molar-refractivity contribution in [2.24, 2.45) is 0 Å². The van der Waals surface area contributed by atoms with Crippen LogP contribution in [0.3, 0.4) is 0 Å². The number of allylic oxidation sites excluding steroid dienone is 1. The van der Waals surface area contributed by atoms with Crippen molar-refractivity contribution in [1.82, 2.24) is 0 Å². The third-order valence-corrected chi connectivity index (χ3v) is 1.77. The van der Waals surface area contributed by atoms with E-state index in [1.807, 2.05) is 0 Å². The standard InChI is InChI=1S/C10H10F2/c1-6(2)10-7(3)8(11)4-5-9(10)12/h4-5H,1H2,2-3H3. The van der Waals surface area contributed by atoms with Gasteiger partial charge in [0, 0.05) is 5.56 Å². The van der Waals surface area contributed by atoms with Crippen LogP contribution in [0.2, 0.25) is 0 Å². The molecular formula is C10H10F2. The summed E-state index contributed by atoms with van der Waals surface area (Å²) in [5, 5.41) is 0. The Bertz CT molecular complexity index is 327. The van der Waals surface area contributed by atoms with Gasteiger partial charge in [-0.15, -0.1) is 0 Å². The molecule has 1 aromatic rings. The van der Waals surface area contributed by atoms with Gasteiger partial charge in [0.2, 0.25) is 0 Å². The first-order chi connectivity index (χ1) is 5.54. The highest BCUT2D eigenvalue weighted by atomic mass is 19.1. The predicted molar refractivity (Wildman–Crippen MR) is 45.8 cm³/mol. The highest BCUT2D eigenvalue weighted by Crippen LogP contribution is 2.22. The van der Waals surface area contributed by atoms with Crippen LogP contribution in [-0.2, 0) is 0 Å². The van der Waals surface area contributed by atoms with Crippen molar-refractivity contribution in [3.05, 3.63) is 41.5 Å².